The monoisotopic (exact) mass is 186 g/mol. The molecule has 0 amide bonds. The number of carboxylic acid groups (broad SMARTS) is 1. The number of aliphatic carboxylic acids is 1. The van der Waals surface area contributed by atoms with Crippen molar-refractivity contribution in [2.75, 3.05) is 0 Å². The van der Waals surface area contributed by atoms with Gasteiger partial charge < -0.3 is 5.11 Å². The molecular weight excluding hydrogens is 163 g/mol. The van der Waals surface area contributed by atoms with Crippen LogP contribution in [0.15, 0.2) is 0 Å². The highest BCUT2D eigenvalue weighted by atomic mass is 16.4. The summed E-state index contributed by atoms with van der Waals surface area (Å²) in [5.74, 6) is -0.0686. The molecule has 0 radical (unpaired) electrons. The minimum atomic E-state index is -0.661. The molecule has 1 unspecified atom stereocenters. The van der Waals surface area contributed by atoms with E-state index in [-0.39, 0.29) is 8.41 Å². The molecule has 13 heavy (non-hydrogen) atoms. The summed E-state index contributed by atoms with van der Waals surface area (Å²) in [6, 6.07) is 0. The Bertz CT molecular complexity index is 157. The van der Waals surface area contributed by atoms with Crippen LogP contribution in [0.2, 0.25) is 0 Å². The first-order valence-corrected chi connectivity index (χ1v) is 4.65. The van der Waals surface area contributed by atoms with Crippen LogP contribution in [0.1, 0.15) is 47.0 Å². The summed E-state index contributed by atoms with van der Waals surface area (Å²) < 4.78 is 0. The van der Waals surface area contributed by atoms with Crippen LogP contribution >= 0.6 is 0 Å². The van der Waals surface area contributed by atoms with Crippen molar-refractivity contribution in [3.8, 4) is 0 Å². The number of hydrogen-bond donors (Lipinski definition) is 1. The third-order valence-electron chi connectivity index (χ3n) is 2.57. The summed E-state index contributed by atoms with van der Waals surface area (Å²) in [4.78, 5) is 10.9. The van der Waals surface area contributed by atoms with Gasteiger partial charge in [-0.15, -0.1) is 0 Å². The van der Waals surface area contributed by atoms with E-state index in [0.29, 0.717) is 5.92 Å². The normalized spacial score (nSPS) is 14.8. The predicted octanol–water partition coefficient (Wildman–Crippen LogP) is 1.74. The molecule has 3 heteroatoms. The van der Waals surface area contributed by atoms with Gasteiger partial charge in [0.05, 0.1) is 13.8 Å². The highest BCUT2D eigenvalue weighted by Crippen LogP contribution is 2.29. The molecule has 0 rings (SSSR count). The van der Waals surface area contributed by atoms with E-state index < -0.39 is 11.4 Å². The molecule has 0 heterocycles. The molecule has 0 aromatic heterocycles. The fourth-order valence-corrected chi connectivity index (χ4v) is 1.04. The van der Waals surface area contributed by atoms with Gasteiger partial charge in [0.1, 0.15) is 0 Å². The van der Waals surface area contributed by atoms with Crippen LogP contribution in [0.3, 0.4) is 0 Å². The first-order chi connectivity index (χ1) is 5.42. The molecule has 1 N–H and O–H groups in total. The largest absolute Gasteiger partial charge is 0.481 e. The Morgan fingerprint density at radius 1 is 1.46 bits per heavy atom. The maximum Gasteiger partial charge on any atom is 0.309 e. The van der Waals surface area contributed by atoms with Crippen LogP contribution < -0.4 is 0 Å². The van der Waals surface area contributed by atoms with Crippen LogP contribution in [0.25, 0.3) is 0 Å². The molecule has 0 fully saturated rings. The van der Waals surface area contributed by atoms with Crippen molar-refractivity contribution in [2.45, 2.75) is 47.0 Å². The molecule has 1 atom stereocenters. The molecule has 0 aromatic carbocycles. The first kappa shape index (κ1) is 15.0. The number of carboxylic acids is 1. The van der Waals surface area contributed by atoms with Crippen molar-refractivity contribution in [3.05, 3.63) is 0 Å². The summed E-state index contributed by atoms with van der Waals surface area (Å²) >= 11 is 0. The SMILES string of the molecule is B.CCC(C)(CCC(C)C)C(=O)O. The van der Waals surface area contributed by atoms with Gasteiger partial charge in [0, 0.05) is 0 Å². The fourth-order valence-electron chi connectivity index (χ4n) is 1.04. The predicted molar refractivity (Wildman–Crippen MR) is 60.0 cm³/mol. The van der Waals surface area contributed by atoms with Crippen LogP contribution in [0.4, 0.5) is 0 Å². The molecule has 0 bridgehead atoms. The maximum atomic E-state index is 10.9. The number of rotatable bonds is 5. The Balaban J connectivity index is 0. The van der Waals surface area contributed by atoms with Crippen LogP contribution in [-0.2, 0) is 4.79 Å². The van der Waals surface area contributed by atoms with Gasteiger partial charge in [-0.05, 0) is 32.1 Å². The molecule has 0 aliphatic heterocycles. The molecule has 0 aliphatic rings. The zero-order valence-electron chi connectivity index (χ0n) is 8.55. The van der Waals surface area contributed by atoms with Crippen molar-refractivity contribution < 1.29 is 9.90 Å². The lowest BCUT2D eigenvalue weighted by Gasteiger charge is -2.23. The second kappa shape index (κ2) is 6.06. The molecule has 0 aliphatic carbocycles. The Hall–Kier alpha value is -0.465. The zero-order chi connectivity index (χ0) is 9.78. The Labute approximate surface area is 83.3 Å². The van der Waals surface area contributed by atoms with Gasteiger partial charge in [-0.2, -0.15) is 0 Å². The van der Waals surface area contributed by atoms with Crippen molar-refractivity contribution in [3.63, 3.8) is 0 Å². The van der Waals surface area contributed by atoms with E-state index in [1.807, 2.05) is 13.8 Å². The van der Waals surface area contributed by atoms with Gasteiger partial charge in [-0.25, -0.2) is 0 Å². The molecular formula is C10H23BO2. The highest BCUT2D eigenvalue weighted by molar-refractivity contribution is 5.75. The quantitative estimate of drug-likeness (QED) is 0.664. The third-order valence-corrected chi connectivity index (χ3v) is 2.57. The van der Waals surface area contributed by atoms with Gasteiger partial charge >= 0.3 is 5.97 Å². The Morgan fingerprint density at radius 3 is 2.15 bits per heavy atom. The second-order valence-corrected chi connectivity index (χ2v) is 4.15. The molecule has 78 valence electrons. The summed E-state index contributed by atoms with van der Waals surface area (Å²) in [5, 5.41) is 8.95. The van der Waals surface area contributed by atoms with Gasteiger partial charge in [0.25, 0.3) is 0 Å². The van der Waals surface area contributed by atoms with Crippen LogP contribution in [0.5, 0.6) is 0 Å². The van der Waals surface area contributed by atoms with Crippen molar-refractivity contribution >= 4 is 14.4 Å². The topological polar surface area (TPSA) is 37.3 Å². The third kappa shape index (κ3) is 4.96. The lowest BCUT2D eigenvalue weighted by atomic mass is 9.81. The van der Waals surface area contributed by atoms with E-state index in [1.165, 1.54) is 0 Å². The minimum absolute atomic E-state index is 0. The fraction of sp³-hybridized carbons (Fsp3) is 0.900. The lowest BCUT2D eigenvalue weighted by Crippen LogP contribution is -2.26. The summed E-state index contributed by atoms with van der Waals surface area (Å²) in [6.45, 7) is 8.02. The lowest BCUT2D eigenvalue weighted by molar-refractivity contribution is -0.148. The van der Waals surface area contributed by atoms with E-state index in [4.69, 9.17) is 5.11 Å². The smallest absolute Gasteiger partial charge is 0.309 e. The Kier molecular flexibility index (Phi) is 7.00. The molecule has 0 saturated heterocycles. The summed E-state index contributed by atoms with van der Waals surface area (Å²) in [5.41, 5.74) is -0.510. The van der Waals surface area contributed by atoms with Crippen molar-refractivity contribution in [1.29, 1.82) is 0 Å². The zero-order valence-corrected chi connectivity index (χ0v) is 8.55. The summed E-state index contributed by atoms with van der Waals surface area (Å²) in [6.07, 6.45) is 2.50. The number of carbonyl (C=O) groups is 1. The first-order valence-electron chi connectivity index (χ1n) is 4.65. The van der Waals surface area contributed by atoms with E-state index in [2.05, 4.69) is 13.8 Å². The van der Waals surface area contributed by atoms with Crippen LogP contribution in [0, 0.1) is 11.3 Å². The van der Waals surface area contributed by atoms with Crippen molar-refractivity contribution in [1.82, 2.24) is 0 Å². The van der Waals surface area contributed by atoms with Gasteiger partial charge in [0.2, 0.25) is 0 Å². The van der Waals surface area contributed by atoms with E-state index >= 15 is 0 Å². The van der Waals surface area contributed by atoms with E-state index in [0.717, 1.165) is 19.3 Å². The molecule has 0 spiro atoms. The minimum Gasteiger partial charge on any atom is -0.481 e. The molecule has 2 nitrogen and oxygen atoms in total. The van der Waals surface area contributed by atoms with E-state index in [1.54, 1.807) is 0 Å². The van der Waals surface area contributed by atoms with Crippen molar-refractivity contribution in [2.24, 2.45) is 11.3 Å². The Morgan fingerprint density at radius 2 is 1.92 bits per heavy atom. The standard InChI is InChI=1S/C10H20O2.BH3/c1-5-10(4,9(11)12)7-6-8(2)3;/h8H,5-7H2,1-4H3,(H,11,12);1H3. The van der Waals surface area contributed by atoms with Crippen LogP contribution in [-0.4, -0.2) is 19.5 Å². The van der Waals surface area contributed by atoms with Gasteiger partial charge in [-0.1, -0.05) is 20.8 Å². The summed E-state index contributed by atoms with van der Waals surface area (Å²) in [7, 11) is 0. The van der Waals surface area contributed by atoms with Gasteiger partial charge in [-0.3, -0.25) is 4.79 Å². The number of hydrogen-bond acceptors (Lipinski definition) is 1. The van der Waals surface area contributed by atoms with Gasteiger partial charge in [0.15, 0.2) is 0 Å². The molecule has 0 saturated carbocycles. The maximum absolute atomic E-state index is 10.9. The van der Waals surface area contributed by atoms with E-state index in [9.17, 15) is 4.79 Å². The highest BCUT2D eigenvalue weighted by Gasteiger charge is 2.30. The average Bonchev–Trinajstić information content (AvgIpc) is 1.99. The molecule has 0 aromatic rings. The second-order valence-electron chi connectivity index (χ2n) is 4.15. The average molecular weight is 186 g/mol.